The maximum absolute atomic E-state index is 12.2. The minimum absolute atomic E-state index is 0.00867. The third kappa shape index (κ3) is 3.69. The van der Waals surface area contributed by atoms with Crippen LogP contribution in [0.2, 0.25) is 0 Å². The Morgan fingerprint density at radius 3 is 2.63 bits per heavy atom. The van der Waals surface area contributed by atoms with Crippen molar-refractivity contribution < 1.29 is 4.79 Å². The second-order valence-corrected chi connectivity index (χ2v) is 6.48. The molecule has 0 radical (unpaired) electrons. The molecule has 1 aromatic heterocycles. The molecule has 5 heteroatoms. The lowest BCUT2D eigenvalue weighted by molar-refractivity contribution is 0.0924. The molecule has 0 bridgehead atoms. The Bertz CT molecular complexity index is 436. The predicted octanol–water partition coefficient (Wildman–Crippen LogP) is 3.12. The van der Waals surface area contributed by atoms with E-state index >= 15 is 0 Å². The summed E-state index contributed by atoms with van der Waals surface area (Å²) in [6, 6.07) is 0.323. The fourth-order valence-electron chi connectivity index (χ4n) is 2.88. The second-order valence-electron chi connectivity index (χ2n) is 5.45. The van der Waals surface area contributed by atoms with Crippen molar-refractivity contribution in [1.82, 2.24) is 10.3 Å². The van der Waals surface area contributed by atoms with E-state index in [9.17, 15) is 4.79 Å². The first-order valence-electron chi connectivity index (χ1n) is 7.14. The lowest BCUT2D eigenvalue weighted by atomic mass is 9.83. The van der Waals surface area contributed by atoms with Crippen LogP contribution < -0.4 is 11.1 Å². The molecule has 0 aliphatic heterocycles. The van der Waals surface area contributed by atoms with Crippen molar-refractivity contribution in [2.75, 3.05) is 5.73 Å². The first-order chi connectivity index (χ1) is 9.10. The number of hydrogen-bond donors (Lipinski definition) is 2. The number of aryl methyl sites for hydroxylation is 1. The van der Waals surface area contributed by atoms with Crippen LogP contribution >= 0.6 is 11.3 Å². The smallest absolute Gasteiger partial charge is 0.263 e. The number of thiazole rings is 1. The number of rotatable bonds is 4. The van der Waals surface area contributed by atoms with Crippen LogP contribution in [0.15, 0.2) is 0 Å². The first kappa shape index (κ1) is 14.3. The topological polar surface area (TPSA) is 68.0 Å². The van der Waals surface area contributed by atoms with Crippen LogP contribution in [0.4, 0.5) is 5.13 Å². The number of nitrogens with two attached hydrogens (primary N) is 1. The van der Waals surface area contributed by atoms with Crippen molar-refractivity contribution in [3.8, 4) is 0 Å². The summed E-state index contributed by atoms with van der Waals surface area (Å²) < 4.78 is 0. The van der Waals surface area contributed by atoms with Gasteiger partial charge >= 0.3 is 0 Å². The van der Waals surface area contributed by atoms with Crippen molar-refractivity contribution in [1.29, 1.82) is 0 Å². The van der Waals surface area contributed by atoms with E-state index in [1.54, 1.807) is 0 Å². The van der Waals surface area contributed by atoms with Crippen LogP contribution in [-0.2, 0) is 0 Å². The molecule has 1 saturated carbocycles. The summed E-state index contributed by atoms with van der Waals surface area (Å²) >= 11 is 1.27. The van der Waals surface area contributed by atoms with Gasteiger partial charge in [-0.2, -0.15) is 0 Å². The van der Waals surface area contributed by atoms with Crippen LogP contribution in [0.25, 0.3) is 0 Å². The largest absolute Gasteiger partial charge is 0.375 e. The van der Waals surface area contributed by atoms with E-state index in [0.717, 1.165) is 24.5 Å². The van der Waals surface area contributed by atoms with E-state index in [1.807, 2.05) is 6.92 Å². The highest BCUT2D eigenvalue weighted by Crippen LogP contribution is 2.28. The van der Waals surface area contributed by atoms with E-state index in [0.29, 0.717) is 16.1 Å². The highest BCUT2D eigenvalue weighted by Gasteiger charge is 2.23. The van der Waals surface area contributed by atoms with Crippen LogP contribution in [-0.4, -0.2) is 16.9 Å². The van der Waals surface area contributed by atoms with Gasteiger partial charge in [-0.25, -0.2) is 4.98 Å². The van der Waals surface area contributed by atoms with Gasteiger partial charge in [-0.1, -0.05) is 31.1 Å². The fraction of sp³-hybridized carbons (Fsp3) is 0.714. The molecule has 0 saturated heterocycles. The third-order valence-electron chi connectivity index (χ3n) is 3.90. The van der Waals surface area contributed by atoms with Gasteiger partial charge in [-0.15, -0.1) is 0 Å². The SMILES string of the molecule is CCCC1CCC(NC(=O)c2sc(N)nc2C)CC1. The maximum atomic E-state index is 12.2. The van der Waals surface area contributed by atoms with Gasteiger partial charge in [-0.05, 0) is 38.5 Å². The monoisotopic (exact) mass is 281 g/mol. The van der Waals surface area contributed by atoms with Gasteiger partial charge in [0.1, 0.15) is 4.88 Å². The van der Waals surface area contributed by atoms with Crippen molar-refractivity contribution in [2.24, 2.45) is 5.92 Å². The summed E-state index contributed by atoms with van der Waals surface area (Å²) in [7, 11) is 0. The Kier molecular flexibility index (Phi) is 4.80. The molecule has 106 valence electrons. The molecular formula is C14H23N3OS. The average Bonchev–Trinajstić information content (AvgIpc) is 2.71. The number of carbonyl (C=O) groups is 1. The molecule has 1 amide bonds. The zero-order valence-electron chi connectivity index (χ0n) is 11.7. The van der Waals surface area contributed by atoms with E-state index in [1.165, 1.54) is 37.0 Å². The quantitative estimate of drug-likeness (QED) is 0.891. The van der Waals surface area contributed by atoms with Crippen molar-refractivity contribution in [3.05, 3.63) is 10.6 Å². The Labute approximate surface area is 118 Å². The molecule has 1 aliphatic rings. The molecule has 4 nitrogen and oxygen atoms in total. The van der Waals surface area contributed by atoms with Gasteiger partial charge in [0, 0.05) is 6.04 Å². The molecule has 0 spiro atoms. The van der Waals surface area contributed by atoms with Crippen molar-refractivity contribution in [2.45, 2.75) is 58.4 Å². The standard InChI is InChI=1S/C14H23N3OS/c1-3-4-10-5-7-11(8-6-10)17-13(18)12-9(2)16-14(15)19-12/h10-11H,3-8H2,1-2H3,(H2,15,16)(H,17,18). The van der Waals surface area contributed by atoms with Gasteiger partial charge in [0.15, 0.2) is 5.13 Å². The molecule has 1 aromatic rings. The zero-order chi connectivity index (χ0) is 13.8. The molecule has 0 unspecified atom stereocenters. The normalized spacial score (nSPS) is 23.3. The molecule has 1 fully saturated rings. The summed E-state index contributed by atoms with van der Waals surface area (Å²) in [5, 5.41) is 3.59. The van der Waals surface area contributed by atoms with Crippen molar-refractivity contribution in [3.63, 3.8) is 0 Å². The number of amides is 1. The second kappa shape index (κ2) is 6.37. The lowest BCUT2D eigenvalue weighted by Gasteiger charge is -2.28. The predicted molar refractivity (Wildman–Crippen MR) is 79.4 cm³/mol. The average molecular weight is 281 g/mol. The number of carbonyl (C=O) groups excluding carboxylic acids is 1. The van der Waals surface area contributed by atoms with Crippen LogP contribution in [0.3, 0.4) is 0 Å². The molecule has 1 heterocycles. The minimum atomic E-state index is -0.00867. The van der Waals surface area contributed by atoms with E-state index < -0.39 is 0 Å². The zero-order valence-corrected chi connectivity index (χ0v) is 12.6. The van der Waals surface area contributed by atoms with Gasteiger partial charge < -0.3 is 11.1 Å². The number of nitrogens with zero attached hydrogens (tertiary/aromatic N) is 1. The fourth-order valence-corrected chi connectivity index (χ4v) is 3.62. The lowest BCUT2D eigenvalue weighted by Crippen LogP contribution is -2.37. The maximum Gasteiger partial charge on any atom is 0.263 e. The summed E-state index contributed by atoms with van der Waals surface area (Å²) in [5.74, 6) is 0.851. The minimum Gasteiger partial charge on any atom is -0.375 e. The Balaban J connectivity index is 1.85. The molecule has 3 N–H and O–H groups in total. The summed E-state index contributed by atoms with van der Waals surface area (Å²) in [6.07, 6.45) is 7.27. The number of nitrogen functional groups attached to an aromatic ring is 1. The number of hydrogen-bond acceptors (Lipinski definition) is 4. The third-order valence-corrected chi connectivity index (χ3v) is 4.88. The Morgan fingerprint density at radius 2 is 2.11 bits per heavy atom. The van der Waals surface area contributed by atoms with E-state index in [-0.39, 0.29) is 5.91 Å². The molecule has 0 aromatic carbocycles. The summed E-state index contributed by atoms with van der Waals surface area (Å²) in [6.45, 7) is 4.07. The summed E-state index contributed by atoms with van der Waals surface area (Å²) in [5.41, 5.74) is 6.37. The first-order valence-corrected chi connectivity index (χ1v) is 7.95. The number of anilines is 1. The molecule has 19 heavy (non-hydrogen) atoms. The van der Waals surface area contributed by atoms with E-state index in [2.05, 4.69) is 17.2 Å². The molecule has 0 atom stereocenters. The highest BCUT2D eigenvalue weighted by molar-refractivity contribution is 7.17. The summed E-state index contributed by atoms with van der Waals surface area (Å²) in [4.78, 5) is 16.9. The number of aromatic nitrogens is 1. The Morgan fingerprint density at radius 1 is 1.42 bits per heavy atom. The molecule has 2 rings (SSSR count). The van der Waals surface area contributed by atoms with Gasteiger partial charge in [0.2, 0.25) is 0 Å². The number of nitrogens with one attached hydrogen (secondary N) is 1. The van der Waals surface area contributed by atoms with E-state index in [4.69, 9.17) is 5.73 Å². The van der Waals surface area contributed by atoms with Crippen LogP contribution in [0, 0.1) is 12.8 Å². The molecule has 1 aliphatic carbocycles. The Hall–Kier alpha value is -1.10. The van der Waals surface area contributed by atoms with Gasteiger partial charge in [-0.3, -0.25) is 4.79 Å². The van der Waals surface area contributed by atoms with Gasteiger partial charge in [0.25, 0.3) is 5.91 Å². The highest BCUT2D eigenvalue weighted by atomic mass is 32.1. The van der Waals surface area contributed by atoms with Gasteiger partial charge in [0.05, 0.1) is 5.69 Å². The van der Waals surface area contributed by atoms with Crippen LogP contribution in [0.1, 0.15) is 60.8 Å². The van der Waals surface area contributed by atoms with Crippen LogP contribution in [0.5, 0.6) is 0 Å². The van der Waals surface area contributed by atoms with Crippen molar-refractivity contribution >= 4 is 22.4 Å². The molecular weight excluding hydrogens is 258 g/mol.